The molecule has 19 heavy (non-hydrogen) atoms. The number of methoxy groups -OCH3 is 1. The van der Waals surface area contributed by atoms with Crippen LogP contribution >= 0.6 is 0 Å². The first kappa shape index (κ1) is 12.7. The summed E-state index contributed by atoms with van der Waals surface area (Å²) >= 11 is 0. The Morgan fingerprint density at radius 1 is 1.53 bits per heavy atom. The quantitative estimate of drug-likeness (QED) is 0.833. The Hall–Kier alpha value is -1.33. The monoisotopic (exact) mass is 264 g/mol. The fraction of sp³-hybridized carbons (Fsp3) is 0.643. The number of ether oxygens (including phenoxy) is 1. The fourth-order valence-electron chi connectivity index (χ4n) is 3.31. The number of nitrogens with zero attached hydrogens (tertiary/aromatic N) is 1. The third-order valence-corrected chi connectivity index (χ3v) is 4.28. The SMILES string of the molecule is COC(=O)c1occc1CNC1CCN2CCCC12. The van der Waals surface area contributed by atoms with Crippen LogP contribution in [-0.4, -0.2) is 43.2 Å². The van der Waals surface area contributed by atoms with Crippen LogP contribution in [0.1, 0.15) is 35.4 Å². The van der Waals surface area contributed by atoms with Crippen LogP contribution in [0, 0.1) is 0 Å². The molecule has 0 aromatic carbocycles. The number of carbonyl (C=O) groups is 1. The molecule has 1 N–H and O–H groups in total. The Balaban J connectivity index is 1.60. The van der Waals surface area contributed by atoms with Gasteiger partial charge in [-0.2, -0.15) is 0 Å². The lowest BCUT2D eigenvalue weighted by molar-refractivity contribution is 0.0563. The first-order valence-corrected chi connectivity index (χ1v) is 6.91. The van der Waals surface area contributed by atoms with Gasteiger partial charge in [0.05, 0.1) is 13.4 Å². The lowest BCUT2D eigenvalue weighted by Crippen LogP contribution is -2.38. The molecule has 0 amide bonds. The third-order valence-electron chi connectivity index (χ3n) is 4.28. The highest BCUT2D eigenvalue weighted by atomic mass is 16.5. The van der Waals surface area contributed by atoms with Crippen molar-refractivity contribution in [2.45, 2.75) is 37.9 Å². The van der Waals surface area contributed by atoms with Crippen molar-refractivity contribution in [3.05, 3.63) is 23.7 Å². The predicted octanol–water partition coefficient (Wildman–Crippen LogP) is 1.39. The second-order valence-corrected chi connectivity index (χ2v) is 5.29. The normalized spacial score (nSPS) is 26.6. The standard InChI is InChI=1S/C14H20N2O3/c1-18-14(17)13-10(5-8-19-13)9-15-11-4-7-16-6-2-3-12(11)16/h5,8,11-12,15H,2-4,6-7,9H2,1H3. The maximum atomic E-state index is 11.5. The molecule has 3 rings (SSSR count). The molecule has 0 saturated carbocycles. The number of fused-ring (bicyclic) bond motifs is 1. The molecule has 2 atom stereocenters. The number of esters is 1. The summed E-state index contributed by atoms with van der Waals surface area (Å²) in [5.74, 6) is -0.0908. The van der Waals surface area contributed by atoms with Crippen LogP contribution in [0.4, 0.5) is 0 Å². The van der Waals surface area contributed by atoms with Gasteiger partial charge < -0.3 is 14.5 Å². The lowest BCUT2D eigenvalue weighted by Gasteiger charge is -2.21. The first-order chi connectivity index (χ1) is 9.29. The van der Waals surface area contributed by atoms with Crippen molar-refractivity contribution in [3.8, 4) is 0 Å². The summed E-state index contributed by atoms with van der Waals surface area (Å²) in [6.45, 7) is 3.09. The zero-order chi connectivity index (χ0) is 13.2. The summed E-state index contributed by atoms with van der Waals surface area (Å²) in [7, 11) is 1.37. The van der Waals surface area contributed by atoms with Gasteiger partial charge in [-0.3, -0.25) is 4.90 Å². The van der Waals surface area contributed by atoms with Crippen molar-refractivity contribution in [2.24, 2.45) is 0 Å². The molecule has 0 spiro atoms. The molecule has 0 aliphatic carbocycles. The number of hydrogen-bond donors (Lipinski definition) is 1. The summed E-state index contributed by atoms with van der Waals surface area (Å²) in [4.78, 5) is 14.1. The van der Waals surface area contributed by atoms with Gasteiger partial charge in [0.1, 0.15) is 0 Å². The van der Waals surface area contributed by atoms with Gasteiger partial charge in [-0.05, 0) is 31.9 Å². The van der Waals surface area contributed by atoms with E-state index < -0.39 is 5.97 Å². The van der Waals surface area contributed by atoms with Crippen molar-refractivity contribution in [1.82, 2.24) is 10.2 Å². The predicted molar refractivity (Wildman–Crippen MR) is 69.9 cm³/mol. The number of rotatable bonds is 4. The minimum Gasteiger partial charge on any atom is -0.463 e. The number of carbonyl (C=O) groups excluding carboxylic acids is 1. The largest absolute Gasteiger partial charge is 0.463 e. The average molecular weight is 264 g/mol. The van der Waals surface area contributed by atoms with E-state index in [4.69, 9.17) is 9.15 Å². The summed E-state index contributed by atoms with van der Waals surface area (Å²) in [5, 5.41) is 3.57. The van der Waals surface area contributed by atoms with E-state index in [0.29, 0.717) is 24.4 Å². The van der Waals surface area contributed by atoms with Crippen LogP contribution < -0.4 is 5.32 Å². The number of furan rings is 1. The van der Waals surface area contributed by atoms with E-state index in [1.807, 2.05) is 6.07 Å². The van der Waals surface area contributed by atoms with Crippen LogP contribution in [0.3, 0.4) is 0 Å². The molecule has 2 saturated heterocycles. The molecular formula is C14H20N2O3. The minimum absolute atomic E-state index is 0.316. The van der Waals surface area contributed by atoms with E-state index in [0.717, 1.165) is 5.56 Å². The average Bonchev–Trinajstić information content (AvgIpc) is 3.11. The maximum Gasteiger partial charge on any atom is 0.374 e. The van der Waals surface area contributed by atoms with E-state index >= 15 is 0 Å². The van der Waals surface area contributed by atoms with Crippen LogP contribution in [0.25, 0.3) is 0 Å². The lowest BCUT2D eigenvalue weighted by atomic mass is 10.1. The van der Waals surface area contributed by atoms with Crippen molar-refractivity contribution in [2.75, 3.05) is 20.2 Å². The molecule has 0 bridgehead atoms. The summed E-state index contributed by atoms with van der Waals surface area (Å²) < 4.78 is 9.90. The molecule has 2 fully saturated rings. The van der Waals surface area contributed by atoms with Gasteiger partial charge >= 0.3 is 5.97 Å². The zero-order valence-corrected chi connectivity index (χ0v) is 11.2. The van der Waals surface area contributed by atoms with Gasteiger partial charge in [-0.1, -0.05) is 0 Å². The van der Waals surface area contributed by atoms with Gasteiger partial charge in [-0.15, -0.1) is 0 Å². The summed E-state index contributed by atoms with van der Waals surface area (Å²) in [6, 6.07) is 3.04. The Bertz CT molecular complexity index is 457. The topological polar surface area (TPSA) is 54.7 Å². The van der Waals surface area contributed by atoms with Gasteiger partial charge in [-0.25, -0.2) is 4.79 Å². The van der Waals surface area contributed by atoms with Crippen LogP contribution in [0.2, 0.25) is 0 Å². The van der Waals surface area contributed by atoms with E-state index in [2.05, 4.69) is 10.2 Å². The Morgan fingerprint density at radius 3 is 3.26 bits per heavy atom. The van der Waals surface area contributed by atoms with Gasteiger partial charge in [0.15, 0.2) is 0 Å². The highest BCUT2D eigenvalue weighted by Crippen LogP contribution is 2.28. The first-order valence-electron chi connectivity index (χ1n) is 6.91. The van der Waals surface area contributed by atoms with Crippen molar-refractivity contribution in [3.63, 3.8) is 0 Å². The highest BCUT2D eigenvalue weighted by Gasteiger charge is 2.36. The second-order valence-electron chi connectivity index (χ2n) is 5.29. The molecule has 2 unspecified atom stereocenters. The summed E-state index contributed by atoms with van der Waals surface area (Å²) in [5.41, 5.74) is 0.878. The molecule has 5 nitrogen and oxygen atoms in total. The molecule has 5 heteroatoms. The molecule has 2 aliphatic heterocycles. The van der Waals surface area contributed by atoms with Gasteiger partial charge in [0, 0.05) is 30.7 Å². The molecule has 0 radical (unpaired) electrons. The summed E-state index contributed by atoms with van der Waals surface area (Å²) in [6.07, 6.45) is 5.32. The number of nitrogens with one attached hydrogen (secondary N) is 1. The Morgan fingerprint density at radius 2 is 2.42 bits per heavy atom. The molecule has 1 aromatic rings. The minimum atomic E-state index is -0.407. The second kappa shape index (κ2) is 5.35. The van der Waals surface area contributed by atoms with Crippen molar-refractivity contribution >= 4 is 5.97 Å². The van der Waals surface area contributed by atoms with Crippen molar-refractivity contribution in [1.29, 1.82) is 0 Å². The van der Waals surface area contributed by atoms with Crippen molar-refractivity contribution < 1.29 is 13.9 Å². The Kier molecular flexibility index (Phi) is 3.57. The van der Waals surface area contributed by atoms with E-state index in [1.165, 1.54) is 39.5 Å². The van der Waals surface area contributed by atoms with Crippen LogP contribution in [-0.2, 0) is 11.3 Å². The maximum absolute atomic E-state index is 11.5. The van der Waals surface area contributed by atoms with Crippen LogP contribution in [0.15, 0.2) is 16.7 Å². The van der Waals surface area contributed by atoms with E-state index in [-0.39, 0.29) is 0 Å². The fourth-order valence-corrected chi connectivity index (χ4v) is 3.31. The van der Waals surface area contributed by atoms with Gasteiger partial charge in [0.25, 0.3) is 0 Å². The molecule has 1 aromatic heterocycles. The molecule has 2 aliphatic rings. The van der Waals surface area contributed by atoms with E-state index in [1.54, 1.807) is 6.26 Å². The number of hydrogen-bond acceptors (Lipinski definition) is 5. The Labute approximate surface area is 112 Å². The molecule has 3 heterocycles. The van der Waals surface area contributed by atoms with Crippen LogP contribution in [0.5, 0.6) is 0 Å². The van der Waals surface area contributed by atoms with E-state index in [9.17, 15) is 4.79 Å². The highest BCUT2D eigenvalue weighted by molar-refractivity contribution is 5.87. The smallest absolute Gasteiger partial charge is 0.374 e. The van der Waals surface area contributed by atoms with Gasteiger partial charge in [0.2, 0.25) is 5.76 Å². The third kappa shape index (κ3) is 2.40. The zero-order valence-electron chi connectivity index (χ0n) is 11.2. The molecule has 104 valence electrons. The molecular weight excluding hydrogens is 244 g/mol.